The van der Waals surface area contributed by atoms with E-state index < -0.39 is 0 Å². The molecule has 0 spiro atoms. The van der Waals surface area contributed by atoms with Gasteiger partial charge < -0.3 is 19.5 Å². The molecule has 0 saturated carbocycles. The molecule has 0 unspecified atom stereocenters. The van der Waals surface area contributed by atoms with Crippen LogP contribution in [-0.2, 0) is 11.2 Å². The molecule has 0 aromatic carbocycles. The number of morpholine rings is 1. The highest BCUT2D eigenvalue weighted by Crippen LogP contribution is 2.40. The first-order valence-corrected chi connectivity index (χ1v) is 10.2. The lowest BCUT2D eigenvalue weighted by atomic mass is 9.74. The third kappa shape index (κ3) is 4.27. The summed E-state index contributed by atoms with van der Waals surface area (Å²) in [6.45, 7) is 11.9. The normalized spacial score (nSPS) is 26.1. The van der Waals surface area contributed by atoms with E-state index >= 15 is 0 Å². The smallest absolute Gasteiger partial charge is 0.290 e. The molecule has 2 aliphatic rings. The zero-order chi connectivity index (χ0) is 20.8. The minimum absolute atomic E-state index is 0.0134. The molecule has 1 aliphatic heterocycles. The van der Waals surface area contributed by atoms with Gasteiger partial charge >= 0.3 is 0 Å². The maximum atomic E-state index is 12.6. The molecule has 1 N–H and O–H groups in total. The van der Waals surface area contributed by atoms with Crippen LogP contribution in [0.3, 0.4) is 0 Å². The lowest BCUT2D eigenvalue weighted by Crippen LogP contribution is -2.46. The Kier molecular flexibility index (Phi) is 5.06. The number of aromatic nitrogens is 3. The van der Waals surface area contributed by atoms with Crippen molar-refractivity contribution in [2.75, 3.05) is 18.0 Å². The van der Waals surface area contributed by atoms with Crippen LogP contribution in [0.2, 0.25) is 0 Å². The molecular weight excluding hydrogens is 370 g/mol. The van der Waals surface area contributed by atoms with Crippen molar-refractivity contribution in [1.29, 1.82) is 0 Å². The Morgan fingerprint density at radius 2 is 2.00 bits per heavy atom. The number of hydrogen-bond donors (Lipinski definition) is 1. The molecule has 0 bridgehead atoms. The number of carbonyl (C=O) groups is 1. The maximum Gasteiger partial charge on any atom is 0.290 e. The van der Waals surface area contributed by atoms with Crippen LogP contribution in [0.15, 0.2) is 16.8 Å². The summed E-state index contributed by atoms with van der Waals surface area (Å²) >= 11 is 0. The summed E-state index contributed by atoms with van der Waals surface area (Å²) in [6, 6.07) is 1.48. The number of aryl methyl sites for hydroxylation is 1. The van der Waals surface area contributed by atoms with E-state index in [9.17, 15) is 4.79 Å². The van der Waals surface area contributed by atoms with Gasteiger partial charge in [-0.2, -0.15) is 0 Å². The number of nitrogens with zero attached hydrogens (tertiary/aromatic N) is 4. The van der Waals surface area contributed by atoms with Crippen molar-refractivity contribution in [2.45, 2.75) is 65.7 Å². The second-order valence-corrected chi connectivity index (χ2v) is 9.14. The van der Waals surface area contributed by atoms with Gasteiger partial charge in [0.2, 0.25) is 11.7 Å². The molecule has 4 rings (SSSR count). The first-order chi connectivity index (χ1) is 13.7. The Balaban J connectivity index is 1.60. The summed E-state index contributed by atoms with van der Waals surface area (Å²) in [5.74, 6) is 0.694. The van der Waals surface area contributed by atoms with Gasteiger partial charge in [0.05, 0.1) is 29.6 Å². The molecule has 1 amide bonds. The van der Waals surface area contributed by atoms with Crippen molar-refractivity contribution >= 4 is 11.9 Å². The van der Waals surface area contributed by atoms with E-state index in [-0.39, 0.29) is 35.3 Å². The number of amides is 1. The summed E-state index contributed by atoms with van der Waals surface area (Å²) < 4.78 is 10.9. The maximum absolute atomic E-state index is 12.6. The highest BCUT2D eigenvalue weighted by atomic mass is 16.5. The molecule has 1 saturated heterocycles. The molecule has 3 heterocycles. The van der Waals surface area contributed by atoms with E-state index in [2.05, 4.69) is 48.1 Å². The zero-order valence-electron chi connectivity index (χ0n) is 17.7. The Bertz CT molecular complexity index is 899. The number of fused-ring (bicyclic) bond motifs is 1. The first kappa shape index (κ1) is 19.8. The molecule has 156 valence electrons. The second-order valence-electron chi connectivity index (χ2n) is 9.14. The van der Waals surface area contributed by atoms with Gasteiger partial charge in [0.15, 0.2) is 0 Å². The number of nitrogens with one attached hydrogen (secondary N) is 1. The van der Waals surface area contributed by atoms with Crippen LogP contribution in [0.5, 0.6) is 0 Å². The highest BCUT2D eigenvalue weighted by Gasteiger charge is 2.36. The average Bonchev–Trinajstić information content (AvgIpc) is 3.06. The average molecular weight is 399 g/mol. The van der Waals surface area contributed by atoms with Crippen molar-refractivity contribution in [3.8, 4) is 0 Å². The Labute approximate surface area is 171 Å². The Morgan fingerprint density at radius 1 is 1.28 bits per heavy atom. The van der Waals surface area contributed by atoms with E-state index in [0.29, 0.717) is 5.69 Å². The molecule has 2 aromatic heterocycles. The fraction of sp³-hybridized carbons (Fsp3) is 0.619. The fourth-order valence-corrected chi connectivity index (χ4v) is 4.36. The summed E-state index contributed by atoms with van der Waals surface area (Å²) in [5, 5.41) is 6.89. The number of carbonyl (C=O) groups excluding carboxylic acids is 1. The van der Waals surface area contributed by atoms with E-state index in [1.807, 2.05) is 6.20 Å². The van der Waals surface area contributed by atoms with Gasteiger partial charge in [0.25, 0.3) is 5.91 Å². The van der Waals surface area contributed by atoms with Crippen LogP contribution in [0, 0.1) is 12.3 Å². The van der Waals surface area contributed by atoms with Crippen LogP contribution in [0.1, 0.15) is 67.7 Å². The molecule has 1 fully saturated rings. The van der Waals surface area contributed by atoms with Gasteiger partial charge in [-0.25, -0.2) is 9.97 Å². The molecule has 29 heavy (non-hydrogen) atoms. The molecule has 8 heteroatoms. The molecule has 1 aliphatic carbocycles. The van der Waals surface area contributed by atoms with Crippen LogP contribution in [-0.4, -0.2) is 46.3 Å². The van der Waals surface area contributed by atoms with Crippen LogP contribution in [0.25, 0.3) is 0 Å². The third-order valence-electron chi connectivity index (χ3n) is 5.52. The van der Waals surface area contributed by atoms with Crippen LogP contribution < -0.4 is 10.2 Å². The quantitative estimate of drug-likeness (QED) is 0.848. The van der Waals surface area contributed by atoms with Gasteiger partial charge in [-0.3, -0.25) is 4.79 Å². The van der Waals surface area contributed by atoms with Crippen molar-refractivity contribution < 1.29 is 14.1 Å². The SMILES string of the molecule is Cc1cc(C(=O)N[C@@H]2CC(C)(C)Cc3nc(N4C[C@@H](C)O[C@H](C)C4)ncc32)on1. The summed E-state index contributed by atoms with van der Waals surface area (Å²) in [5.41, 5.74) is 2.67. The molecule has 8 nitrogen and oxygen atoms in total. The zero-order valence-corrected chi connectivity index (χ0v) is 17.7. The minimum Gasteiger partial charge on any atom is -0.372 e. The van der Waals surface area contributed by atoms with Crippen molar-refractivity contribution in [3.05, 3.63) is 35.0 Å². The van der Waals surface area contributed by atoms with Crippen LogP contribution in [0.4, 0.5) is 5.95 Å². The number of rotatable bonds is 3. The summed E-state index contributed by atoms with van der Waals surface area (Å²) in [4.78, 5) is 24.4. The molecular formula is C21H29N5O3. The van der Waals surface area contributed by atoms with Gasteiger partial charge in [-0.15, -0.1) is 0 Å². The minimum atomic E-state index is -0.265. The van der Waals surface area contributed by atoms with Gasteiger partial charge in [0.1, 0.15) is 0 Å². The first-order valence-electron chi connectivity index (χ1n) is 10.2. The largest absolute Gasteiger partial charge is 0.372 e. The summed E-state index contributed by atoms with van der Waals surface area (Å²) in [6.07, 6.45) is 3.82. The molecule has 2 aromatic rings. The molecule has 0 radical (unpaired) electrons. The second kappa shape index (κ2) is 7.40. The Hall–Kier alpha value is -2.48. The van der Waals surface area contributed by atoms with Gasteiger partial charge in [0, 0.05) is 30.9 Å². The van der Waals surface area contributed by atoms with Crippen molar-refractivity contribution in [1.82, 2.24) is 20.4 Å². The van der Waals surface area contributed by atoms with Crippen molar-refractivity contribution in [2.24, 2.45) is 5.41 Å². The number of hydrogen-bond acceptors (Lipinski definition) is 7. The highest BCUT2D eigenvalue weighted by molar-refractivity contribution is 5.91. The number of ether oxygens (including phenoxy) is 1. The molecule has 3 atom stereocenters. The fourth-order valence-electron chi connectivity index (χ4n) is 4.36. The predicted molar refractivity (Wildman–Crippen MR) is 108 cm³/mol. The van der Waals surface area contributed by atoms with E-state index in [1.54, 1.807) is 13.0 Å². The van der Waals surface area contributed by atoms with Gasteiger partial charge in [-0.05, 0) is 39.0 Å². The monoisotopic (exact) mass is 399 g/mol. The number of anilines is 1. The van der Waals surface area contributed by atoms with E-state index in [4.69, 9.17) is 14.2 Å². The third-order valence-corrected chi connectivity index (χ3v) is 5.52. The Morgan fingerprint density at radius 3 is 2.66 bits per heavy atom. The van der Waals surface area contributed by atoms with Crippen LogP contribution >= 0.6 is 0 Å². The predicted octanol–water partition coefficient (Wildman–Crippen LogP) is 2.83. The lowest BCUT2D eigenvalue weighted by Gasteiger charge is -2.38. The standard InChI is InChI=1S/C21H29N5O3/c1-12-6-18(29-25-12)19(27)23-16-7-21(4,5)8-17-15(16)9-22-20(24-17)26-10-13(2)28-14(3)11-26/h6,9,13-14,16H,7-8,10-11H2,1-5H3,(H,23,27)/t13-,14-,16-/m1/s1. The van der Waals surface area contributed by atoms with E-state index in [0.717, 1.165) is 43.1 Å². The topological polar surface area (TPSA) is 93.4 Å². The van der Waals surface area contributed by atoms with Crippen molar-refractivity contribution in [3.63, 3.8) is 0 Å². The van der Waals surface area contributed by atoms with E-state index in [1.165, 1.54) is 0 Å². The summed E-state index contributed by atoms with van der Waals surface area (Å²) in [7, 11) is 0. The lowest BCUT2D eigenvalue weighted by molar-refractivity contribution is -0.00575. The van der Waals surface area contributed by atoms with Gasteiger partial charge in [-0.1, -0.05) is 19.0 Å².